The van der Waals surface area contributed by atoms with Crippen LogP contribution >= 0.6 is 11.3 Å². The zero-order valence-electron chi connectivity index (χ0n) is 14.0. The average molecular weight is 344 g/mol. The standard InChI is InChI=1S/C19H24N2O2S/c1-2-16(14-22)20-9-11-21(12-10-20)19(23)18-17(8-13-24-18)15-6-4-3-5-7-15/h3-8,13,16,22H,2,9-12,14H2,1H3. The fourth-order valence-electron chi connectivity index (χ4n) is 3.26. The monoisotopic (exact) mass is 344 g/mol. The Bertz CT molecular complexity index is 659. The molecule has 1 unspecified atom stereocenters. The van der Waals surface area contributed by atoms with Gasteiger partial charge in [0, 0.05) is 37.8 Å². The Hall–Kier alpha value is -1.69. The highest BCUT2D eigenvalue weighted by Crippen LogP contribution is 2.29. The number of aliphatic hydroxyl groups is 1. The molecule has 1 aliphatic heterocycles. The van der Waals surface area contributed by atoms with Gasteiger partial charge in [0.05, 0.1) is 11.5 Å². The summed E-state index contributed by atoms with van der Waals surface area (Å²) in [5.74, 6) is 0.126. The largest absolute Gasteiger partial charge is 0.395 e. The van der Waals surface area contributed by atoms with Gasteiger partial charge in [0.15, 0.2) is 0 Å². The Kier molecular flexibility index (Phi) is 5.66. The number of hydrogen-bond acceptors (Lipinski definition) is 4. The van der Waals surface area contributed by atoms with E-state index in [1.807, 2.05) is 46.7 Å². The van der Waals surface area contributed by atoms with E-state index in [0.29, 0.717) is 0 Å². The summed E-state index contributed by atoms with van der Waals surface area (Å²) in [6.07, 6.45) is 0.938. The van der Waals surface area contributed by atoms with Crippen LogP contribution in [0.1, 0.15) is 23.0 Å². The summed E-state index contributed by atoms with van der Waals surface area (Å²) < 4.78 is 0. The molecule has 0 aliphatic carbocycles. The first-order valence-corrected chi connectivity index (χ1v) is 9.39. The summed E-state index contributed by atoms with van der Waals surface area (Å²) in [5.41, 5.74) is 2.11. The van der Waals surface area contributed by atoms with Crippen LogP contribution in [-0.4, -0.2) is 59.6 Å². The van der Waals surface area contributed by atoms with E-state index < -0.39 is 0 Å². The highest BCUT2D eigenvalue weighted by molar-refractivity contribution is 7.12. The molecule has 2 aromatic rings. The van der Waals surface area contributed by atoms with Crippen LogP contribution in [0.2, 0.25) is 0 Å². The lowest BCUT2D eigenvalue weighted by atomic mass is 10.1. The molecule has 1 atom stereocenters. The molecule has 0 radical (unpaired) electrons. The van der Waals surface area contributed by atoms with Gasteiger partial charge in [-0.25, -0.2) is 0 Å². The van der Waals surface area contributed by atoms with E-state index in [1.54, 1.807) is 0 Å². The van der Waals surface area contributed by atoms with Crippen molar-refractivity contribution in [3.05, 3.63) is 46.7 Å². The number of piperazine rings is 1. The van der Waals surface area contributed by atoms with Gasteiger partial charge in [0.1, 0.15) is 0 Å². The quantitative estimate of drug-likeness (QED) is 0.907. The lowest BCUT2D eigenvalue weighted by Gasteiger charge is -2.38. The normalized spacial score (nSPS) is 17.0. The second-order valence-corrected chi connectivity index (χ2v) is 7.02. The molecule has 4 nitrogen and oxygen atoms in total. The van der Waals surface area contributed by atoms with Crippen molar-refractivity contribution in [2.75, 3.05) is 32.8 Å². The van der Waals surface area contributed by atoms with Gasteiger partial charge in [-0.15, -0.1) is 11.3 Å². The zero-order valence-corrected chi connectivity index (χ0v) is 14.8. The number of carbonyl (C=O) groups is 1. The van der Waals surface area contributed by atoms with E-state index in [-0.39, 0.29) is 18.6 Å². The predicted molar refractivity (Wildman–Crippen MR) is 98.4 cm³/mol. The Morgan fingerprint density at radius 1 is 1.17 bits per heavy atom. The molecule has 1 aliphatic rings. The van der Waals surface area contributed by atoms with Crippen LogP contribution < -0.4 is 0 Å². The zero-order chi connectivity index (χ0) is 16.9. The van der Waals surface area contributed by atoms with E-state index in [9.17, 15) is 9.90 Å². The van der Waals surface area contributed by atoms with Crippen molar-refractivity contribution in [1.29, 1.82) is 0 Å². The molecule has 1 saturated heterocycles. The van der Waals surface area contributed by atoms with Crippen LogP contribution in [0.25, 0.3) is 11.1 Å². The van der Waals surface area contributed by atoms with Gasteiger partial charge in [-0.05, 0) is 23.4 Å². The maximum atomic E-state index is 12.9. The fraction of sp³-hybridized carbons (Fsp3) is 0.421. The Balaban J connectivity index is 1.70. The summed E-state index contributed by atoms with van der Waals surface area (Å²) in [5, 5.41) is 11.4. The van der Waals surface area contributed by atoms with E-state index in [2.05, 4.69) is 11.8 Å². The highest BCUT2D eigenvalue weighted by atomic mass is 32.1. The molecule has 1 N–H and O–H groups in total. The molecule has 1 fully saturated rings. The van der Waals surface area contributed by atoms with Gasteiger partial charge in [-0.3, -0.25) is 9.69 Å². The smallest absolute Gasteiger partial charge is 0.264 e. The van der Waals surface area contributed by atoms with Gasteiger partial charge >= 0.3 is 0 Å². The van der Waals surface area contributed by atoms with Crippen molar-refractivity contribution in [2.24, 2.45) is 0 Å². The highest BCUT2D eigenvalue weighted by Gasteiger charge is 2.27. The van der Waals surface area contributed by atoms with Crippen LogP contribution in [0.3, 0.4) is 0 Å². The third-order valence-electron chi connectivity index (χ3n) is 4.74. The van der Waals surface area contributed by atoms with Gasteiger partial charge in [0.25, 0.3) is 5.91 Å². The first-order chi connectivity index (χ1) is 11.7. The summed E-state index contributed by atoms with van der Waals surface area (Å²) >= 11 is 1.52. The minimum atomic E-state index is 0.126. The number of nitrogens with zero attached hydrogens (tertiary/aromatic N) is 2. The third-order valence-corrected chi connectivity index (χ3v) is 5.65. The van der Waals surface area contributed by atoms with Gasteiger partial charge < -0.3 is 10.0 Å². The SMILES string of the molecule is CCC(CO)N1CCN(C(=O)c2sccc2-c2ccccc2)CC1. The summed E-state index contributed by atoms with van der Waals surface area (Å²) in [6, 6.07) is 12.3. The van der Waals surface area contributed by atoms with E-state index in [1.165, 1.54) is 11.3 Å². The first-order valence-electron chi connectivity index (χ1n) is 8.51. The first kappa shape index (κ1) is 17.1. The minimum Gasteiger partial charge on any atom is -0.395 e. The summed E-state index contributed by atoms with van der Waals surface area (Å²) in [7, 11) is 0. The van der Waals surface area contributed by atoms with Crippen molar-refractivity contribution in [3.8, 4) is 11.1 Å². The molecule has 24 heavy (non-hydrogen) atoms. The molecule has 128 valence electrons. The van der Waals surface area contributed by atoms with Crippen molar-refractivity contribution in [3.63, 3.8) is 0 Å². The number of carbonyl (C=O) groups excluding carboxylic acids is 1. The molecule has 3 rings (SSSR count). The molecule has 0 spiro atoms. The third kappa shape index (κ3) is 3.53. The molecule has 1 aromatic heterocycles. The molecule has 0 bridgehead atoms. The summed E-state index contributed by atoms with van der Waals surface area (Å²) in [4.78, 5) is 18.0. The Morgan fingerprint density at radius 3 is 2.50 bits per heavy atom. The molecular formula is C19H24N2O2S. The number of thiophene rings is 1. The van der Waals surface area contributed by atoms with Gasteiger partial charge in [-0.1, -0.05) is 37.3 Å². The second-order valence-electron chi connectivity index (χ2n) is 6.10. The number of aliphatic hydroxyl groups excluding tert-OH is 1. The molecule has 5 heteroatoms. The molecular weight excluding hydrogens is 320 g/mol. The maximum absolute atomic E-state index is 12.9. The van der Waals surface area contributed by atoms with E-state index in [0.717, 1.165) is 48.6 Å². The molecule has 2 heterocycles. The minimum absolute atomic E-state index is 0.126. The van der Waals surface area contributed by atoms with Crippen molar-refractivity contribution < 1.29 is 9.90 Å². The van der Waals surface area contributed by atoms with Crippen LogP contribution in [-0.2, 0) is 0 Å². The number of rotatable bonds is 5. The lowest BCUT2D eigenvalue weighted by Crippen LogP contribution is -2.52. The van der Waals surface area contributed by atoms with Crippen molar-refractivity contribution in [2.45, 2.75) is 19.4 Å². The molecule has 0 saturated carbocycles. The topological polar surface area (TPSA) is 43.8 Å². The molecule has 1 amide bonds. The van der Waals surface area contributed by atoms with E-state index in [4.69, 9.17) is 0 Å². The fourth-order valence-corrected chi connectivity index (χ4v) is 4.14. The Morgan fingerprint density at radius 2 is 1.88 bits per heavy atom. The molecule has 1 aromatic carbocycles. The van der Waals surface area contributed by atoms with Crippen LogP contribution in [0.5, 0.6) is 0 Å². The number of hydrogen-bond donors (Lipinski definition) is 1. The van der Waals surface area contributed by atoms with Crippen LogP contribution in [0.15, 0.2) is 41.8 Å². The van der Waals surface area contributed by atoms with Crippen LogP contribution in [0, 0.1) is 0 Å². The number of amides is 1. The number of benzene rings is 1. The van der Waals surface area contributed by atoms with Gasteiger partial charge in [-0.2, -0.15) is 0 Å². The van der Waals surface area contributed by atoms with Crippen molar-refractivity contribution in [1.82, 2.24) is 9.80 Å². The maximum Gasteiger partial charge on any atom is 0.264 e. The average Bonchev–Trinajstić information content (AvgIpc) is 3.13. The summed E-state index contributed by atoms with van der Waals surface area (Å²) in [6.45, 7) is 5.39. The van der Waals surface area contributed by atoms with Crippen LogP contribution in [0.4, 0.5) is 0 Å². The lowest BCUT2D eigenvalue weighted by molar-refractivity contribution is 0.0476. The van der Waals surface area contributed by atoms with Gasteiger partial charge in [0.2, 0.25) is 0 Å². The van der Waals surface area contributed by atoms with Crippen molar-refractivity contribution >= 4 is 17.2 Å². The Labute approximate surface area is 147 Å². The van der Waals surface area contributed by atoms with E-state index >= 15 is 0 Å². The second kappa shape index (κ2) is 7.92. The predicted octanol–water partition coefficient (Wildman–Crippen LogP) is 2.94.